The Morgan fingerprint density at radius 3 is 1.19 bits per heavy atom. The van der Waals surface area contributed by atoms with Gasteiger partial charge in [-0.2, -0.15) is 0 Å². The monoisotopic (exact) mass is 1180 g/mol. The number of phosphoric acid groups is 1. The number of quaternary nitrogens is 1. The molecule has 1 amide bonds. The molecule has 3 unspecified atom stereocenters. The number of likely N-dealkylation sites (N-methyl/N-ethyl adjacent to an activating group) is 1. The van der Waals surface area contributed by atoms with Crippen LogP contribution in [0.5, 0.6) is 0 Å². The SMILES string of the molecule is CC/C=C\C/C=C\C/C=C\C/C=C\C/C=C\C/C=C\CCCCC(=O)OC(/C=C/CCCCCCCCCCCCC)C(COP(=O)(O)OCC[N+](C)(C)C)NC(=O)CCCCCCCCCCCC/C=C\C/C=C\C/C=C\CCCCC. The van der Waals surface area contributed by atoms with Crippen LogP contribution in [0.15, 0.2) is 122 Å². The number of phosphoric ester groups is 1. The van der Waals surface area contributed by atoms with E-state index in [0.29, 0.717) is 23.9 Å². The van der Waals surface area contributed by atoms with Gasteiger partial charge >= 0.3 is 13.8 Å². The minimum absolute atomic E-state index is 0.0263. The molecule has 10 heteroatoms. The van der Waals surface area contributed by atoms with E-state index in [2.05, 4.69) is 135 Å². The zero-order valence-electron chi connectivity index (χ0n) is 54.4. The lowest BCUT2D eigenvalue weighted by molar-refractivity contribution is -0.870. The van der Waals surface area contributed by atoms with Crippen molar-refractivity contribution in [2.45, 2.75) is 290 Å². The minimum atomic E-state index is -4.47. The lowest BCUT2D eigenvalue weighted by Crippen LogP contribution is -2.47. The molecule has 9 nitrogen and oxygen atoms in total. The minimum Gasteiger partial charge on any atom is -0.456 e. The molecular formula is C73H128N2O7P+. The van der Waals surface area contributed by atoms with Gasteiger partial charge in [-0.3, -0.25) is 18.6 Å². The van der Waals surface area contributed by atoms with Gasteiger partial charge in [-0.1, -0.05) is 265 Å². The molecule has 83 heavy (non-hydrogen) atoms. The molecule has 0 saturated carbocycles. The van der Waals surface area contributed by atoms with Crippen molar-refractivity contribution < 1.29 is 37.3 Å². The van der Waals surface area contributed by atoms with Crippen LogP contribution in [0.25, 0.3) is 0 Å². The molecule has 476 valence electrons. The maximum atomic E-state index is 13.6. The van der Waals surface area contributed by atoms with Crippen LogP contribution in [0.2, 0.25) is 0 Å². The first-order valence-electron chi connectivity index (χ1n) is 33.9. The number of carbonyl (C=O) groups is 2. The van der Waals surface area contributed by atoms with Crippen LogP contribution in [0.3, 0.4) is 0 Å². The molecule has 0 fully saturated rings. The molecule has 0 aromatic carbocycles. The number of esters is 1. The van der Waals surface area contributed by atoms with Crippen molar-refractivity contribution in [2.75, 3.05) is 40.9 Å². The number of nitrogens with zero attached hydrogens (tertiary/aromatic N) is 1. The van der Waals surface area contributed by atoms with Crippen molar-refractivity contribution in [1.29, 1.82) is 0 Å². The second kappa shape index (κ2) is 61.5. The topological polar surface area (TPSA) is 111 Å². The summed E-state index contributed by atoms with van der Waals surface area (Å²) < 4.78 is 30.8. The molecule has 3 atom stereocenters. The number of nitrogens with one attached hydrogen (secondary N) is 1. The van der Waals surface area contributed by atoms with Gasteiger partial charge in [0.05, 0.1) is 33.8 Å². The fourth-order valence-electron chi connectivity index (χ4n) is 9.19. The summed E-state index contributed by atoms with van der Waals surface area (Å²) in [5, 5.41) is 3.05. The van der Waals surface area contributed by atoms with E-state index < -0.39 is 20.0 Å². The molecule has 0 rings (SSSR count). The second-order valence-electron chi connectivity index (χ2n) is 23.6. The average molecular weight is 1180 g/mol. The normalized spacial score (nSPS) is 14.3. The highest BCUT2D eigenvalue weighted by Crippen LogP contribution is 2.43. The number of hydrogen-bond donors (Lipinski definition) is 2. The molecule has 0 aliphatic rings. The molecule has 0 aliphatic heterocycles. The van der Waals surface area contributed by atoms with Crippen molar-refractivity contribution in [3.63, 3.8) is 0 Å². The average Bonchev–Trinajstić information content (AvgIpc) is 3.47. The highest BCUT2D eigenvalue weighted by molar-refractivity contribution is 7.47. The van der Waals surface area contributed by atoms with Gasteiger partial charge in [-0.05, 0) is 122 Å². The van der Waals surface area contributed by atoms with Gasteiger partial charge in [0.15, 0.2) is 0 Å². The largest absolute Gasteiger partial charge is 0.472 e. The van der Waals surface area contributed by atoms with E-state index in [1.807, 2.05) is 33.3 Å². The van der Waals surface area contributed by atoms with Gasteiger partial charge in [0.2, 0.25) is 5.91 Å². The van der Waals surface area contributed by atoms with Crippen molar-refractivity contribution >= 4 is 19.7 Å². The van der Waals surface area contributed by atoms with Crippen molar-refractivity contribution in [3.05, 3.63) is 122 Å². The van der Waals surface area contributed by atoms with Gasteiger partial charge in [-0.15, -0.1) is 0 Å². The Morgan fingerprint density at radius 2 is 0.771 bits per heavy atom. The Balaban J connectivity index is 5.28. The maximum absolute atomic E-state index is 13.6. The molecule has 0 aromatic heterocycles. The van der Waals surface area contributed by atoms with Crippen molar-refractivity contribution in [2.24, 2.45) is 0 Å². The molecule has 0 aliphatic carbocycles. The van der Waals surface area contributed by atoms with Gasteiger partial charge in [0.25, 0.3) is 0 Å². The molecular weight excluding hydrogens is 1050 g/mol. The van der Waals surface area contributed by atoms with E-state index in [1.54, 1.807) is 0 Å². The lowest BCUT2D eigenvalue weighted by Gasteiger charge is -2.27. The van der Waals surface area contributed by atoms with Crippen LogP contribution in [0, 0.1) is 0 Å². The third-order valence-electron chi connectivity index (χ3n) is 14.4. The maximum Gasteiger partial charge on any atom is 0.472 e. The summed E-state index contributed by atoms with van der Waals surface area (Å²) in [6, 6.07) is -0.878. The van der Waals surface area contributed by atoms with Gasteiger partial charge in [0, 0.05) is 12.8 Å². The first kappa shape index (κ1) is 79.4. The summed E-state index contributed by atoms with van der Waals surface area (Å²) >= 11 is 0. The number of unbranched alkanes of at least 4 members (excludes halogenated alkanes) is 26. The van der Waals surface area contributed by atoms with E-state index in [-0.39, 0.29) is 31.5 Å². The van der Waals surface area contributed by atoms with E-state index in [4.69, 9.17) is 13.8 Å². The number of rotatable bonds is 60. The number of hydrogen-bond acceptors (Lipinski definition) is 6. The number of ether oxygens (including phenoxy) is 1. The quantitative estimate of drug-likeness (QED) is 0.0205. The third-order valence-corrected chi connectivity index (χ3v) is 15.4. The van der Waals surface area contributed by atoms with Gasteiger partial charge < -0.3 is 19.4 Å². The Kier molecular flexibility index (Phi) is 58.8. The Bertz CT molecular complexity index is 1830. The molecule has 0 aromatic rings. The second-order valence-corrected chi connectivity index (χ2v) is 25.1. The van der Waals surface area contributed by atoms with Gasteiger partial charge in [0.1, 0.15) is 19.3 Å². The molecule has 0 radical (unpaired) electrons. The van der Waals surface area contributed by atoms with E-state index in [9.17, 15) is 19.0 Å². The summed E-state index contributed by atoms with van der Waals surface area (Å²) in [7, 11) is 1.46. The lowest BCUT2D eigenvalue weighted by atomic mass is 10.0. The predicted octanol–water partition coefficient (Wildman–Crippen LogP) is 21.4. The smallest absolute Gasteiger partial charge is 0.456 e. The Hall–Kier alpha value is -3.59. The first-order valence-corrected chi connectivity index (χ1v) is 35.4. The van der Waals surface area contributed by atoms with E-state index in [0.717, 1.165) is 116 Å². The van der Waals surface area contributed by atoms with E-state index in [1.165, 1.54) is 122 Å². The Morgan fingerprint density at radius 1 is 0.434 bits per heavy atom. The van der Waals surface area contributed by atoms with Crippen molar-refractivity contribution in [1.82, 2.24) is 5.32 Å². The number of amides is 1. The highest BCUT2D eigenvalue weighted by Gasteiger charge is 2.30. The standard InChI is InChI=1S/C73H127N2O7P/c1-7-10-13-16-19-22-25-28-30-32-34-36-37-39-40-42-44-47-50-53-56-59-62-65-72(76)74-70(69-81-83(78,79)80-68-67-75(4,5)6)71(64-61-58-55-52-49-46-27-24-21-18-15-12-9-3)82-73(77)66-63-60-57-54-51-48-45-43-41-38-35-33-31-29-26-23-20-17-14-11-8-2/h11,14,19-20,22-23,28-31,34-36,38,43,45,51,54,61,64,70-71H,7-10,12-13,15-18,21,24-27,32-33,37,39-42,44,46-50,52-53,55-60,62-63,65-69H2,1-6H3,(H-,74,76,78,79)/p+1/b14-11-,22-19-,23-20-,30-28-,31-29-,36-34-,38-35-,45-43-,54-51-,64-61+. The van der Waals surface area contributed by atoms with Crippen molar-refractivity contribution in [3.8, 4) is 0 Å². The predicted molar refractivity (Wildman–Crippen MR) is 360 cm³/mol. The summed E-state index contributed by atoms with van der Waals surface area (Å²) in [6.45, 7) is 6.84. The number of carbonyl (C=O) groups excluding carboxylic acids is 2. The Labute approximate surface area is 512 Å². The van der Waals surface area contributed by atoms with Crippen LogP contribution in [-0.2, 0) is 27.9 Å². The fourth-order valence-corrected chi connectivity index (χ4v) is 9.92. The van der Waals surface area contributed by atoms with Crippen LogP contribution in [0.1, 0.15) is 278 Å². The first-order chi connectivity index (χ1) is 40.4. The molecule has 0 spiro atoms. The summed E-state index contributed by atoms with van der Waals surface area (Å²) in [5.74, 6) is -0.563. The summed E-state index contributed by atoms with van der Waals surface area (Å²) in [6.07, 6.45) is 86.3. The zero-order chi connectivity index (χ0) is 60.7. The fraction of sp³-hybridized carbons (Fsp3) is 0.699. The molecule has 2 N–H and O–H groups in total. The van der Waals surface area contributed by atoms with Crippen LogP contribution in [0.4, 0.5) is 0 Å². The molecule has 0 heterocycles. The van der Waals surface area contributed by atoms with Crippen LogP contribution < -0.4 is 5.32 Å². The zero-order valence-corrected chi connectivity index (χ0v) is 55.3. The summed E-state index contributed by atoms with van der Waals surface area (Å²) in [4.78, 5) is 37.9. The van der Waals surface area contributed by atoms with E-state index >= 15 is 0 Å². The third kappa shape index (κ3) is 62.8. The number of allylic oxidation sites excluding steroid dienone is 19. The van der Waals surface area contributed by atoms with Gasteiger partial charge in [-0.25, -0.2) is 4.57 Å². The molecule has 0 saturated heterocycles. The summed E-state index contributed by atoms with van der Waals surface area (Å²) in [5.41, 5.74) is 0. The van der Waals surface area contributed by atoms with Crippen LogP contribution >= 0.6 is 7.82 Å². The molecule has 0 bridgehead atoms. The van der Waals surface area contributed by atoms with Crippen LogP contribution in [-0.4, -0.2) is 74.3 Å². The highest BCUT2D eigenvalue weighted by atomic mass is 31.2.